The van der Waals surface area contributed by atoms with Crippen LogP contribution in [0, 0.1) is 0 Å². The van der Waals surface area contributed by atoms with Gasteiger partial charge in [0.15, 0.2) is 0 Å². The summed E-state index contributed by atoms with van der Waals surface area (Å²) in [5.74, 6) is -0.300. The number of sulfone groups is 1. The lowest BCUT2D eigenvalue weighted by molar-refractivity contribution is 0.415. The Kier molecular flexibility index (Phi) is 3.65. The highest BCUT2D eigenvalue weighted by Gasteiger charge is 2.13. The van der Waals surface area contributed by atoms with Crippen molar-refractivity contribution in [2.75, 3.05) is 0 Å². The zero-order valence-electron chi connectivity index (χ0n) is 7.74. The maximum absolute atomic E-state index is 11.6. The fraction of sp³-hybridized carbons (Fsp3) is 0.111. The molecular formula is C9H8Cl2O3S. The molecule has 0 aliphatic carbocycles. The first kappa shape index (κ1) is 12.4. The van der Waals surface area contributed by atoms with Gasteiger partial charge >= 0.3 is 0 Å². The standard InChI is InChI=1S/C9H8Cl2O3S/c1-6(12)5-15(13,14)9-3-7(10)2-8(11)4-9/h2-5,12H,1H3/b6-5-. The van der Waals surface area contributed by atoms with E-state index in [0.29, 0.717) is 0 Å². The zero-order chi connectivity index (χ0) is 11.6. The zero-order valence-corrected chi connectivity index (χ0v) is 10.1. The number of aliphatic hydroxyl groups is 1. The van der Waals surface area contributed by atoms with E-state index in [2.05, 4.69) is 0 Å². The molecule has 0 atom stereocenters. The molecular weight excluding hydrogens is 259 g/mol. The highest BCUT2D eigenvalue weighted by molar-refractivity contribution is 7.94. The van der Waals surface area contributed by atoms with Crippen LogP contribution < -0.4 is 0 Å². The van der Waals surface area contributed by atoms with Crippen molar-refractivity contribution in [2.24, 2.45) is 0 Å². The Bertz CT molecular complexity index is 482. The number of hydrogen-bond acceptors (Lipinski definition) is 3. The average Bonchev–Trinajstić information content (AvgIpc) is 1.99. The Morgan fingerprint density at radius 1 is 1.27 bits per heavy atom. The molecule has 0 amide bonds. The Hall–Kier alpha value is -0.710. The summed E-state index contributed by atoms with van der Waals surface area (Å²) >= 11 is 11.3. The molecule has 0 aromatic heterocycles. The average molecular weight is 267 g/mol. The molecule has 0 bridgehead atoms. The van der Waals surface area contributed by atoms with Crippen LogP contribution in [-0.4, -0.2) is 13.5 Å². The largest absolute Gasteiger partial charge is 0.512 e. The van der Waals surface area contributed by atoms with Crippen molar-refractivity contribution in [3.8, 4) is 0 Å². The molecule has 1 rings (SSSR count). The highest BCUT2D eigenvalue weighted by atomic mass is 35.5. The molecule has 0 radical (unpaired) electrons. The third kappa shape index (κ3) is 3.41. The Labute approximate surface area is 97.9 Å². The van der Waals surface area contributed by atoms with Crippen LogP contribution in [0.1, 0.15) is 6.92 Å². The summed E-state index contributed by atoms with van der Waals surface area (Å²) in [6, 6.07) is 3.96. The van der Waals surface area contributed by atoms with E-state index in [9.17, 15) is 8.42 Å². The van der Waals surface area contributed by atoms with Crippen LogP contribution in [0.2, 0.25) is 10.0 Å². The maximum atomic E-state index is 11.6. The number of hydrogen-bond donors (Lipinski definition) is 1. The fourth-order valence-corrected chi connectivity index (χ4v) is 2.81. The van der Waals surface area contributed by atoms with Gasteiger partial charge in [-0.1, -0.05) is 23.2 Å². The summed E-state index contributed by atoms with van der Waals surface area (Å²) in [5.41, 5.74) is 0. The lowest BCUT2D eigenvalue weighted by Gasteiger charge is -2.01. The summed E-state index contributed by atoms with van der Waals surface area (Å²) < 4.78 is 23.2. The van der Waals surface area contributed by atoms with Crippen LogP contribution in [0.5, 0.6) is 0 Å². The first-order valence-corrected chi connectivity index (χ1v) is 6.20. The van der Waals surface area contributed by atoms with Crippen LogP contribution in [0.3, 0.4) is 0 Å². The van der Waals surface area contributed by atoms with Crippen molar-refractivity contribution >= 4 is 33.0 Å². The number of rotatable bonds is 2. The van der Waals surface area contributed by atoms with Gasteiger partial charge in [-0.3, -0.25) is 0 Å². The van der Waals surface area contributed by atoms with Crippen molar-refractivity contribution < 1.29 is 13.5 Å². The van der Waals surface area contributed by atoms with Gasteiger partial charge in [-0.2, -0.15) is 0 Å². The minimum atomic E-state index is -3.69. The molecule has 3 nitrogen and oxygen atoms in total. The highest BCUT2D eigenvalue weighted by Crippen LogP contribution is 2.23. The van der Waals surface area contributed by atoms with Gasteiger partial charge in [0.25, 0.3) is 0 Å². The Morgan fingerprint density at radius 2 is 1.73 bits per heavy atom. The topological polar surface area (TPSA) is 54.4 Å². The molecule has 0 saturated heterocycles. The molecule has 0 saturated carbocycles. The van der Waals surface area contributed by atoms with Crippen LogP contribution in [0.15, 0.2) is 34.3 Å². The first-order valence-electron chi connectivity index (χ1n) is 3.90. The molecule has 6 heteroatoms. The van der Waals surface area contributed by atoms with Crippen molar-refractivity contribution in [3.05, 3.63) is 39.4 Å². The minimum absolute atomic E-state index is 0.0478. The van der Waals surface area contributed by atoms with E-state index in [-0.39, 0.29) is 20.7 Å². The predicted molar refractivity (Wildman–Crippen MR) is 60.0 cm³/mol. The number of allylic oxidation sites excluding steroid dienone is 1. The van der Waals surface area contributed by atoms with E-state index in [4.69, 9.17) is 28.3 Å². The molecule has 0 aliphatic rings. The molecule has 0 aliphatic heterocycles. The Morgan fingerprint density at radius 3 is 2.13 bits per heavy atom. The van der Waals surface area contributed by atoms with Gasteiger partial charge in [0.1, 0.15) is 5.76 Å². The van der Waals surface area contributed by atoms with Gasteiger partial charge in [0.2, 0.25) is 9.84 Å². The van der Waals surface area contributed by atoms with E-state index < -0.39 is 9.84 Å². The second-order valence-corrected chi connectivity index (χ2v) is 5.58. The molecule has 1 N–H and O–H groups in total. The SMILES string of the molecule is C/C(O)=C/S(=O)(=O)c1cc(Cl)cc(Cl)c1. The summed E-state index contributed by atoms with van der Waals surface area (Å²) in [7, 11) is -3.69. The van der Waals surface area contributed by atoms with Crippen LogP contribution in [-0.2, 0) is 9.84 Å². The van der Waals surface area contributed by atoms with Crippen LogP contribution in [0.25, 0.3) is 0 Å². The number of halogens is 2. The first-order chi connectivity index (χ1) is 6.81. The molecule has 15 heavy (non-hydrogen) atoms. The normalized spacial score (nSPS) is 12.9. The summed E-state index contributed by atoms with van der Waals surface area (Å²) in [6.45, 7) is 1.27. The van der Waals surface area contributed by atoms with Gasteiger partial charge < -0.3 is 5.11 Å². The third-order valence-corrected chi connectivity index (χ3v) is 3.47. The molecule has 1 aromatic carbocycles. The van der Waals surface area contributed by atoms with Gasteiger partial charge in [0.05, 0.1) is 10.3 Å². The Balaban J connectivity index is 3.34. The quantitative estimate of drug-likeness (QED) is 0.837. The lowest BCUT2D eigenvalue weighted by atomic mass is 10.4. The smallest absolute Gasteiger partial charge is 0.203 e. The summed E-state index contributed by atoms with van der Waals surface area (Å²) in [6.07, 6.45) is 0. The third-order valence-electron chi connectivity index (χ3n) is 1.49. The maximum Gasteiger partial charge on any atom is 0.203 e. The monoisotopic (exact) mass is 266 g/mol. The van der Waals surface area contributed by atoms with Crippen molar-refractivity contribution in [1.82, 2.24) is 0 Å². The van der Waals surface area contributed by atoms with E-state index in [0.717, 1.165) is 5.41 Å². The van der Waals surface area contributed by atoms with Crippen LogP contribution in [0.4, 0.5) is 0 Å². The fourth-order valence-electron chi connectivity index (χ4n) is 0.985. The predicted octanol–water partition coefficient (Wildman–Crippen LogP) is 3.19. The van der Waals surface area contributed by atoms with Gasteiger partial charge in [0, 0.05) is 10.0 Å². The lowest BCUT2D eigenvalue weighted by Crippen LogP contribution is -1.97. The van der Waals surface area contributed by atoms with Crippen molar-refractivity contribution in [1.29, 1.82) is 0 Å². The molecule has 0 unspecified atom stereocenters. The molecule has 0 heterocycles. The van der Waals surface area contributed by atoms with Crippen molar-refractivity contribution in [2.45, 2.75) is 11.8 Å². The summed E-state index contributed by atoms with van der Waals surface area (Å²) in [4.78, 5) is -0.0478. The van der Waals surface area contributed by atoms with Crippen molar-refractivity contribution in [3.63, 3.8) is 0 Å². The molecule has 82 valence electrons. The molecule has 1 aromatic rings. The second kappa shape index (κ2) is 4.43. The van der Waals surface area contributed by atoms with Gasteiger partial charge in [-0.25, -0.2) is 8.42 Å². The van der Waals surface area contributed by atoms with E-state index in [1.165, 1.54) is 25.1 Å². The number of benzene rings is 1. The molecule has 0 fully saturated rings. The van der Waals surface area contributed by atoms with Gasteiger partial charge in [-0.15, -0.1) is 0 Å². The minimum Gasteiger partial charge on any atom is -0.512 e. The molecule has 0 spiro atoms. The van der Waals surface area contributed by atoms with E-state index in [1.807, 2.05) is 0 Å². The van der Waals surface area contributed by atoms with Crippen LogP contribution >= 0.6 is 23.2 Å². The summed E-state index contributed by atoms with van der Waals surface area (Å²) in [5, 5.41) is 10.1. The van der Waals surface area contributed by atoms with Gasteiger partial charge in [-0.05, 0) is 25.1 Å². The second-order valence-electron chi connectivity index (χ2n) is 2.91. The van der Waals surface area contributed by atoms with E-state index in [1.54, 1.807) is 0 Å². The number of aliphatic hydroxyl groups excluding tert-OH is 1. The van der Waals surface area contributed by atoms with E-state index >= 15 is 0 Å².